The van der Waals surface area contributed by atoms with Gasteiger partial charge in [-0.2, -0.15) is 0 Å². The molecule has 2 aromatic carbocycles. The summed E-state index contributed by atoms with van der Waals surface area (Å²) in [5.74, 6) is 1.80. The van der Waals surface area contributed by atoms with Crippen molar-refractivity contribution in [1.82, 2.24) is 4.90 Å². The summed E-state index contributed by atoms with van der Waals surface area (Å²) in [7, 11) is 1.68. The molecule has 1 atom stereocenters. The lowest BCUT2D eigenvalue weighted by atomic mass is 10.1. The molecule has 5 nitrogen and oxygen atoms in total. The van der Waals surface area contributed by atoms with Crippen molar-refractivity contribution >= 4 is 11.6 Å². The molecular weight excluding hydrogens is 316 g/mol. The summed E-state index contributed by atoms with van der Waals surface area (Å²) < 4.78 is 11.1. The van der Waals surface area contributed by atoms with Gasteiger partial charge in [-0.25, -0.2) is 0 Å². The highest BCUT2D eigenvalue weighted by atomic mass is 16.5. The fraction of sp³-hybridized carbons (Fsp3) is 0.350. The molecule has 0 aromatic heterocycles. The molecule has 1 fully saturated rings. The number of ether oxygens (including phenoxy) is 2. The molecular formula is C20H22N2O3. The summed E-state index contributed by atoms with van der Waals surface area (Å²) in [6, 6.07) is 16.0. The predicted octanol–water partition coefficient (Wildman–Crippen LogP) is 2.35. The van der Waals surface area contributed by atoms with E-state index in [-0.39, 0.29) is 12.0 Å². The fourth-order valence-corrected chi connectivity index (χ4v) is 3.52. The third-order valence-corrected chi connectivity index (χ3v) is 4.93. The average Bonchev–Trinajstić information content (AvgIpc) is 3.12. The van der Waals surface area contributed by atoms with E-state index in [9.17, 15) is 4.79 Å². The Labute approximate surface area is 147 Å². The number of methoxy groups -OCH3 is 1. The molecule has 5 heteroatoms. The summed E-state index contributed by atoms with van der Waals surface area (Å²) in [6.07, 6.45) is 0.297. The number of carbonyl (C=O) groups excluding carboxylic acids is 1. The maximum Gasteiger partial charge on any atom is 0.264 e. The van der Waals surface area contributed by atoms with Gasteiger partial charge in [-0.05, 0) is 23.8 Å². The number of nitrogens with zero attached hydrogens (tertiary/aromatic N) is 2. The van der Waals surface area contributed by atoms with Crippen molar-refractivity contribution in [2.75, 3.05) is 38.2 Å². The Kier molecular flexibility index (Phi) is 4.22. The number of amides is 1. The first-order chi connectivity index (χ1) is 12.2. The van der Waals surface area contributed by atoms with Gasteiger partial charge >= 0.3 is 0 Å². The van der Waals surface area contributed by atoms with Crippen LogP contribution < -0.4 is 14.4 Å². The van der Waals surface area contributed by atoms with Crippen LogP contribution in [0.1, 0.15) is 5.56 Å². The number of hydrogen-bond donors (Lipinski definition) is 0. The minimum Gasteiger partial charge on any atom is -0.497 e. The van der Waals surface area contributed by atoms with Crippen LogP contribution in [0.15, 0.2) is 48.5 Å². The average molecular weight is 338 g/mol. The van der Waals surface area contributed by atoms with E-state index < -0.39 is 0 Å². The van der Waals surface area contributed by atoms with E-state index in [1.807, 2.05) is 47.4 Å². The third kappa shape index (κ3) is 3.14. The molecule has 1 amide bonds. The molecule has 4 rings (SSSR count). The van der Waals surface area contributed by atoms with Gasteiger partial charge in [-0.3, -0.25) is 4.79 Å². The van der Waals surface area contributed by atoms with Crippen molar-refractivity contribution in [2.45, 2.75) is 12.5 Å². The molecule has 0 spiro atoms. The van der Waals surface area contributed by atoms with E-state index in [0.717, 1.165) is 35.8 Å². The van der Waals surface area contributed by atoms with Crippen LogP contribution in [0.5, 0.6) is 11.5 Å². The maximum atomic E-state index is 12.8. The van der Waals surface area contributed by atoms with Crippen LogP contribution in [0.2, 0.25) is 0 Å². The summed E-state index contributed by atoms with van der Waals surface area (Å²) in [4.78, 5) is 17.0. The van der Waals surface area contributed by atoms with E-state index in [4.69, 9.17) is 9.47 Å². The second-order valence-corrected chi connectivity index (χ2v) is 6.43. The standard InChI is InChI=1S/C20H22N2O3/c1-24-17-7-4-6-16(14-17)21-9-11-22(12-10-21)20(23)19-13-15-5-2-3-8-18(15)25-19/h2-8,14,19H,9-13H2,1H3. The van der Waals surface area contributed by atoms with Gasteiger partial charge in [0.15, 0.2) is 6.10 Å². The van der Waals surface area contributed by atoms with E-state index in [1.54, 1.807) is 7.11 Å². The summed E-state index contributed by atoms with van der Waals surface area (Å²) >= 11 is 0. The second kappa shape index (κ2) is 6.67. The first-order valence-electron chi connectivity index (χ1n) is 8.67. The lowest BCUT2D eigenvalue weighted by Crippen LogP contribution is -2.52. The van der Waals surface area contributed by atoms with E-state index in [1.165, 1.54) is 0 Å². The highest BCUT2D eigenvalue weighted by molar-refractivity contribution is 5.83. The van der Waals surface area contributed by atoms with Gasteiger partial charge in [0.1, 0.15) is 11.5 Å². The van der Waals surface area contributed by atoms with Crippen LogP contribution in [0.4, 0.5) is 5.69 Å². The van der Waals surface area contributed by atoms with Crippen molar-refractivity contribution in [1.29, 1.82) is 0 Å². The van der Waals surface area contributed by atoms with Gasteiger partial charge in [-0.1, -0.05) is 24.3 Å². The van der Waals surface area contributed by atoms with Crippen LogP contribution in [0, 0.1) is 0 Å². The number of rotatable bonds is 3. The zero-order valence-corrected chi connectivity index (χ0v) is 14.4. The molecule has 0 radical (unpaired) electrons. The number of piperazine rings is 1. The topological polar surface area (TPSA) is 42.0 Å². The van der Waals surface area contributed by atoms with Crippen LogP contribution in [-0.2, 0) is 11.2 Å². The van der Waals surface area contributed by atoms with Gasteiger partial charge in [-0.15, -0.1) is 0 Å². The number of benzene rings is 2. The number of hydrogen-bond acceptors (Lipinski definition) is 4. The Morgan fingerprint density at radius 1 is 1.08 bits per heavy atom. The highest BCUT2D eigenvalue weighted by Gasteiger charge is 2.33. The van der Waals surface area contributed by atoms with Gasteiger partial charge < -0.3 is 19.3 Å². The predicted molar refractivity (Wildman–Crippen MR) is 96.3 cm³/mol. The van der Waals surface area contributed by atoms with Gasteiger partial charge in [0, 0.05) is 44.4 Å². The van der Waals surface area contributed by atoms with Gasteiger partial charge in [0.05, 0.1) is 7.11 Å². The normalized spacial score (nSPS) is 19.3. The second-order valence-electron chi connectivity index (χ2n) is 6.43. The number of fused-ring (bicyclic) bond motifs is 1. The van der Waals surface area contributed by atoms with Crippen LogP contribution >= 0.6 is 0 Å². The first kappa shape index (κ1) is 15.8. The zero-order valence-electron chi connectivity index (χ0n) is 14.4. The molecule has 2 aliphatic heterocycles. The van der Waals surface area contributed by atoms with E-state index in [0.29, 0.717) is 19.5 Å². The van der Waals surface area contributed by atoms with Crippen molar-refractivity contribution in [3.8, 4) is 11.5 Å². The summed E-state index contributed by atoms with van der Waals surface area (Å²) in [5, 5.41) is 0. The fourth-order valence-electron chi connectivity index (χ4n) is 3.52. The largest absolute Gasteiger partial charge is 0.497 e. The van der Waals surface area contributed by atoms with E-state index in [2.05, 4.69) is 11.0 Å². The Morgan fingerprint density at radius 3 is 2.64 bits per heavy atom. The lowest BCUT2D eigenvalue weighted by Gasteiger charge is -2.37. The Morgan fingerprint density at radius 2 is 1.88 bits per heavy atom. The van der Waals surface area contributed by atoms with E-state index >= 15 is 0 Å². The van der Waals surface area contributed by atoms with Crippen molar-refractivity contribution in [3.05, 3.63) is 54.1 Å². The molecule has 0 aliphatic carbocycles. The lowest BCUT2D eigenvalue weighted by molar-refractivity contribution is -0.138. The molecule has 25 heavy (non-hydrogen) atoms. The summed E-state index contributed by atoms with van der Waals surface area (Å²) in [6.45, 7) is 3.07. The Bertz CT molecular complexity index is 744. The third-order valence-electron chi connectivity index (χ3n) is 4.93. The molecule has 0 N–H and O–H groups in total. The molecule has 2 aliphatic rings. The molecule has 130 valence electrons. The number of carbonyl (C=O) groups is 1. The van der Waals surface area contributed by atoms with Gasteiger partial charge in [0.25, 0.3) is 5.91 Å². The number of para-hydroxylation sites is 1. The number of anilines is 1. The maximum absolute atomic E-state index is 12.8. The minimum atomic E-state index is -0.374. The van der Waals surface area contributed by atoms with Crippen molar-refractivity contribution < 1.29 is 14.3 Å². The Balaban J connectivity index is 1.36. The Hall–Kier alpha value is -2.69. The molecule has 2 heterocycles. The van der Waals surface area contributed by atoms with Gasteiger partial charge in [0.2, 0.25) is 0 Å². The zero-order chi connectivity index (χ0) is 17.2. The van der Waals surface area contributed by atoms with Crippen LogP contribution in [-0.4, -0.2) is 50.2 Å². The smallest absolute Gasteiger partial charge is 0.264 e. The molecule has 2 aromatic rings. The first-order valence-corrected chi connectivity index (χ1v) is 8.67. The van der Waals surface area contributed by atoms with Crippen LogP contribution in [0.3, 0.4) is 0 Å². The summed E-state index contributed by atoms with van der Waals surface area (Å²) in [5.41, 5.74) is 2.26. The molecule has 1 saturated heterocycles. The minimum absolute atomic E-state index is 0.0986. The molecule has 0 saturated carbocycles. The van der Waals surface area contributed by atoms with Crippen LogP contribution in [0.25, 0.3) is 0 Å². The quantitative estimate of drug-likeness (QED) is 0.862. The highest BCUT2D eigenvalue weighted by Crippen LogP contribution is 2.29. The molecule has 0 bridgehead atoms. The van der Waals surface area contributed by atoms with Crippen molar-refractivity contribution in [2.24, 2.45) is 0 Å². The van der Waals surface area contributed by atoms with Crippen molar-refractivity contribution in [3.63, 3.8) is 0 Å². The monoisotopic (exact) mass is 338 g/mol. The SMILES string of the molecule is COc1cccc(N2CCN(C(=O)C3Cc4ccccc4O3)CC2)c1. The molecule has 1 unspecified atom stereocenters.